The molecule has 0 saturated carbocycles. The van der Waals surface area contributed by atoms with E-state index in [0.717, 1.165) is 24.6 Å². The SMILES string of the molecule is CC(C)CC(CN(C)C)NC1CCc2cc(N)ccc21. The van der Waals surface area contributed by atoms with Crippen molar-refractivity contribution in [2.75, 3.05) is 26.4 Å². The third-order valence-electron chi connectivity index (χ3n) is 4.02. The molecule has 0 aromatic heterocycles. The molecule has 0 heterocycles. The number of rotatable bonds is 6. The molecule has 3 heteroatoms. The first-order valence-electron chi connectivity index (χ1n) is 7.74. The molecule has 3 nitrogen and oxygen atoms in total. The Morgan fingerprint density at radius 3 is 2.75 bits per heavy atom. The normalized spacial score (nSPS) is 19.6. The maximum atomic E-state index is 5.88. The summed E-state index contributed by atoms with van der Waals surface area (Å²) in [6, 6.07) is 7.42. The summed E-state index contributed by atoms with van der Waals surface area (Å²) in [7, 11) is 4.30. The predicted molar refractivity (Wildman–Crippen MR) is 86.8 cm³/mol. The Labute approximate surface area is 123 Å². The summed E-state index contributed by atoms with van der Waals surface area (Å²) in [5.74, 6) is 0.722. The first-order valence-corrected chi connectivity index (χ1v) is 7.74. The fourth-order valence-corrected chi connectivity index (χ4v) is 3.30. The monoisotopic (exact) mass is 275 g/mol. The van der Waals surface area contributed by atoms with Crippen LogP contribution < -0.4 is 11.1 Å². The third kappa shape index (κ3) is 3.97. The Balaban J connectivity index is 2.05. The molecule has 20 heavy (non-hydrogen) atoms. The number of benzene rings is 1. The highest BCUT2D eigenvalue weighted by Crippen LogP contribution is 2.33. The van der Waals surface area contributed by atoms with Crippen LogP contribution in [0.25, 0.3) is 0 Å². The van der Waals surface area contributed by atoms with Crippen molar-refractivity contribution in [3.8, 4) is 0 Å². The number of aryl methyl sites for hydroxylation is 1. The van der Waals surface area contributed by atoms with E-state index < -0.39 is 0 Å². The standard InChI is InChI=1S/C17H29N3/c1-12(2)9-15(11-20(3)4)19-17-8-5-13-10-14(18)6-7-16(13)17/h6-7,10,12,15,17,19H,5,8-9,11,18H2,1-4H3. The van der Waals surface area contributed by atoms with E-state index in [2.05, 4.69) is 50.3 Å². The number of nitrogens with one attached hydrogen (secondary N) is 1. The van der Waals surface area contributed by atoms with E-state index in [1.54, 1.807) is 0 Å². The fourth-order valence-electron chi connectivity index (χ4n) is 3.30. The molecule has 0 spiro atoms. The van der Waals surface area contributed by atoms with E-state index >= 15 is 0 Å². The summed E-state index contributed by atoms with van der Waals surface area (Å²) in [5.41, 5.74) is 9.65. The molecule has 1 aliphatic rings. The predicted octanol–water partition coefficient (Wildman–Crippen LogP) is 2.82. The van der Waals surface area contributed by atoms with Crippen molar-refractivity contribution >= 4 is 5.69 Å². The van der Waals surface area contributed by atoms with Crippen LogP contribution in [0.2, 0.25) is 0 Å². The number of hydrogen-bond acceptors (Lipinski definition) is 3. The Morgan fingerprint density at radius 2 is 2.10 bits per heavy atom. The minimum absolute atomic E-state index is 0.495. The van der Waals surface area contributed by atoms with Gasteiger partial charge in [-0.2, -0.15) is 0 Å². The van der Waals surface area contributed by atoms with Gasteiger partial charge in [-0.05, 0) is 62.5 Å². The van der Waals surface area contributed by atoms with Crippen LogP contribution in [0, 0.1) is 5.92 Å². The molecule has 0 bridgehead atoms. The van der Waals surface area contributed by atoms with Crippen molar-refractivity contribution < 1.29 is 0 Å². The maximum Gasteiger partial charge on any atom is 0.0329 e. The van der Waals surface area contributed by atoms with Crippen molar-refractivity contribution in [1.29, 1.82) is 0 Å². The van der Waals surface area contributed by atoms with Crippen LogP contribution in [0.4, 0.5) is 5.69 Å². The molecule has 0 fully saturated rings. The average Bonchev–Trinajstić information content (AvgIpc) is 2.69. The topological polar surface area (TPSA) is 41.3 Å². The maximum absolute atomic E-state index is 5.88. The van der Waals surface area contributed by atoms with Gasteiger partial charge in [0.25, 0.3) is 0 Å². The lowest BCUT2D eigenvalue weighted by molar-refractivity contribution is 0.286. The molecule has 0 radical (unpaired) electrons. The largest absolute Gasteiger partial charge is 0.399 e. The summed E-state index contributed by atoms with van der Waals surface area (Å²) in [4.78, 5) is 2.28. The number of likely N-dealkylation sites (N-methyl/N-ethyl adjacent to an activating group) is 1. The zero-order valence-corrected chi connectivity index (χ0v) is 13.3. The van der Waals surface area contributed by atoms with Crippen LogP contribution >= 0.6 is 0 Å². The van der Waals surface area contributed by atoms with Gasteiger partial charge in [0.2, 0.25) is 0 Å². The Kier molecular flexibility index (Phi) is 5.06. The zero-order valence-electron chi connectivity index (χ0n) is 13.3. The zero-order chi connectivity index (χ0) is 14.7. The molecule has 0 aliphatic heterocycles. The highest BCUT2D eigenvalue weighted by atomic mass is 15.1. The van der Waals surface area contributed by atoms with Crippen molar-refractivity contribution in [3.63, 3.8) is 0 Å². The van der Waals surface area contributed by atoms with Crippen LogP contribution in [-0.2, 0) is 6.42 Å². The minimum Gasteiger partial charge on any atom is -0.399 e. The molecule has 0 saturated heterocycles. The number of nitrogens with zero attached hydrogens (tertiary/aromatic N) is 1. The molecule has 1 aliphatic carbocycles. The second kappa shape index (κ2) is 6.59. The van der Waals surface area contributed by atoms with Gasteiger partial charge in [-0.25, -0.2) is 0 Å². The number of nitrogens with two attached hydrogens (primary N) is 1. The molecule has 1 aromatic carbocycles. The number of anilines is 1. The van der Waals surface area contributed by atoms with Gasteiger partial charge in [0.15, 0.2) is 0 Å². The fraction of sp³-hybridized carbons (Fsp3) is 0.647. The van der Waals surface area contributed by atoms with Crippen LogP contribution in [-0.4, -0.2) is 31.6 Å². The van der Waals surface area contributed by atoms with Gasteiger partial charge in [-0.3, -0.25) is 0 Å². The van der Waals surface area contributed by atoms with E-state index in [-0.39, 0.29) is 0 Å². The summed E-state index contributed by atoms with van der Waals surface area (Å²) in [5, 5.41) is 3.87. The Bertz CT molecular complexity index is 430. The van der Waals surface area contributed by atoms with Crippen molar-refractivity contribution in [2.24, 2.45) is 5.92 Å². The van der Waals surface area contributed by atoms with Crippen molar-refractivity contribution in [2.45, 2.75) is 45.2 Å². The van der Waals surface area contributed by atoms with Gasteiger partial charge >= 0.3 is 0 Å². The van der Waals surface area contributed by atoms with E-state index in [0.29, 0.717) is 12.1 Å². The summed E-state index contributed by atoms with van der Waals surface area (Å²) < 4.78 is 0. The van der Waals surface area contributed by atoms with Gasteiger partial charge in [0.1, 0.15) is 0 Å². The molecule has 112 valence electrons. The van der Waals surface area contributed by atoms with E-state index in [1.807, 2.05) is 6.07 Å². The smallest absolute Gasteiger partial charge is 0.0329 e. The van der Waals surface area contributed by atoms with Gasteiger partial charge in [0, 0.05) is 24.3 Å². The van der Waals surface area contributed by atoms with Gasteiger partial charge in [0.05, 0.1) is 0 Å². The first kappa shape index (κ1) is 15.3. The number of fused-ring (bicyclic) bond motifs is 1. The molecule has 1 aromatic rings. The van der Waals surface area contributed by atoms with E-state index in [9.17, 15) is 0 Å². The third-order valence-corrected chi connectivity index (χ3v) is 4.02. The van der Waals surface area contributed by atoms with Crippen LogP contribution in [0.1, 0.15) is 43.9 Å². The van der Waals surface area contributed by atoms with Gasteiger partial charge in [-0.15, -0.1) is 0 Å². The van der Waals surface area contributed by atoms with Crippen molar-refractivity contribution in [1.82, 2.24) is 10.2 Å². The highest BCUT2D eigenvalue weighted by molar-refractivity contribution is 5.47. The van der Waals surface area contributed by atoms with E-state index in [4.69, 9.17) is 5.73 Å². The second-order valence-corrected chi connectivity index (χ2v) is 6.80. The Morgan fingerprint density at radius 1 is 1.35 bits per heavy atom. The van der Waals surface area contributed by atoms with Crippen LogP contribution in [0.15, 0.2) is 18.2 Å². The molecular formula is C17H29N3. The molecular weight excluding hydrogens is 246 g/mol. The number of hydrogen-bond donors (Lipinski definition) is 2. The molecule has 2 atom stereocenters. The van der Waals surface area contributed by atoms with Crippen molar-refractivity contribution in [3.05, 3.63) is 29.3 Å². The summed E-state index contributed by atoms with van der Waals surface area (Å²) in [6.45, 7) is 5.69. The first-order chi connectivity index (χ1) is 9.45. The minimum atomic E-state index is 0.495. The van der Waals surface area contributed by atoms with Gasteiger partial charge in [-0.1, -0.05) is 19.9 Å². The lowest BCUT2D eigenvalue weighted by atomic mass is 10.0. The summed E-state index contributed by atoms with van der Waals surface area (Å²) in [6.07, 6.45) is 3.56. The quantitative estimate of drug-likeness (QED) is 0.784. The second-order valence-electron chi connectivity index (χ2n) is 6.80. The van der Waals surface area contributed by atoms with Crippen LogP contribution in [0.5, 0.6) is 0 Å². The van der Waals surface area contributed by atoms with E-state index in [1.165, 1.54) is 24.0 Å². The molecule has 2 rings (SSSR count). The molecule has 2 unspecified atom stereocenters. The Hall–Kier alpha value is -1.06. The summed E-state index contributed by atoms with van der Waals surface area (Å²) >= 11 is 0. The lowest BCUT2D eigenvalue weighted by Gasteiger charge is -2.27. The molecule has 3 N–H and O–H groups in total. The number of nitrogen functional groups attached to an aromatic ring is 1. The molecule has 0 amide bonds. The van der Waals surface area contributed by atoms with Crippen LogP contribution in [0.3, 0.4) is 0 Å². The average molecular weight is 275 g/mol. The highest BCUT2D eigenvalue weighted by Gasteiger charge is 2.25. The lowest BCUT2D eigenvalue weighted by Crippen LogP contribution is -2.40. The van der Waals surface area contributed by atoms with Gasteiger partial charge < -0.3 is 16.0 Å².